The molecule has 29 heavy (non-hydrogen) atoms. The Labute approximate surface area is 175 Å². The van der Waals surface area contributed by atoms with Gasteiger partial charge in [0.15, 0.2) is 5.96 Å². The number of rotatable bonds is 6. The molecule has 2 N–H and O–H groups in total. The Morgan fingerprint density at radius 1 is 1.45 bits per heavy atom. The summed E-state index contributed by atoms with van der Waals surface area (Å²) in [5.41, 5.74) is 0.870. The summed E-state index contributed by atoms with van der Waals surface area (Å²) < 4.78 is 19.7. The average molecular weight is 416 g/mol. The van der Waals surface area contributed by atoms with Crippen molar-refractivity contribution in [2.75, 3.05) is 33.3 Å². The van der Waals surface area contributed by atoms with Crippen molar-refractivity contribution in [2.24, 2.45) is 4.99 Å². The predicted molar refractivity (Wildman–Crippen MR) is 113 cm³/mol. The van der Waals surface area contributed by atoms with Crippen molar-refractivity contribution in [2.45, 2.75) is 25.6 Å². The van der Waals surface area contributed by atoms with Crippen molar-refractivity contribution in [3.8, 4) is 6.07 Å². The molecule has 3 rings (SSSR count). The summed E-state index contributed by atoms with van der Waals surface area (Å²) in [6, 6.07) is 10.8. The van der Waals surface area contributed by atoms with E-state index in [1.54, 1.807) is 24.5 Å². The van der Waals surface area contributed by atoms with Crippen LogP contribution in [0.15, 0.2) is 40.7 Å². The maximum absolute atomic E-state index is 14.0. The molecule has 0 saturated carbocycles. The van der Waals surface area contributed by atoms with Gasteiger partial charge in [0.05, 0.1) is 30.4 Å². The Balaban J connectivity index is 1.62. The molecule has 1 saturated heterocycles. The summed E-state index contributed by atoms with van der Waals surface area (Å²) in [4.78, 5) is 7.97. The lowest BCUT2D eigenvalue weighted by Gasteiger charge is -2.37. The average Bonchev–Trinajstić information content (AvgIpc) is 3.26. The van der Waals surface area contributed by atoms with Gasteiger partial charge in [-0.2, -0.15) is 5.26 Å². The minimum Gasteiger partial charge on any atom is -0.376 e. The molecule has 1 aliphatic rings. The minimum atomic E-state index is -0.342. The second-order valence-corrected chi connectivity index (χ2v) is 7.91. The highest BCUT2D eigenvalue weighted by atomic mass is 32.1. The molecule has 1 aromatic carbocycles. The number of benzene rings is 1. The van der Waals surface area contributed by atoms with E-state index in [4.69, 9.17) is 10.00 Å². The number of nitrogens with one attached hydrogen (secondary N) is 2. The van der Waals surface area contributed by atoms with E-state index in [0.717, 1.165) is 19.7 Å². The number of ether oxygens (including phenoxy) is 1. The van der Waals surface area contributed by atoms with Crippen LogP contribution in [0.25, 0.3) is 0 Å². The van der Waals surface area contributed by atoms with Gasteiger partial charge in [0.2, 0.25) is 0 Å². The number of hydrogen-bond donors (Lipinski definition) is 2. The normalized spacial score (nSPS) is 18.8. The second-order valence-electron chi connectivity index (χ2n) is 6.93. The number of nitriles is 1. The molecule has 0 bridgehead atoms. The fourth-order valence-electron chi connectivity index (χ4n) is 3.39. The van der Waals surface area contributed by atoms with Crippen molar-refractivity contribution in [1.29, 1.82) is 5.26 Å². The van der Waals surface area contributed by atoms with Gasteiger partial charge in [-0.05, 0) is 36.6 Å². The van der Waals surface area contributed by atoms with Gasteiger partial charge in [0, 0.05) is 43.7 Å². The maximum atomic E-state index is 14.0. The third-order valence-electron chi connectivity index (χ3n) is 4.89. The number of aliphatic imine (C=N–C) groups is 1. The third-order valence-corrected chi connectivity index (χ3v) is 5.87. The number of hydrogen-bond acceptors (Lipinski definition) is 5. The van der Waals surface area contributed by atoms with Gasteiger partial charge in [0.1, 0.15) is 5.82 Å². The zero-order chi connectivity index (χ0) is 20.6. The number of morpholine rings is 1. The molecule has 8 heteroatoms. The van der Waals surface area contributed by atoms with Crippen LogP contribution in [0, 0.1) is 17.1 Å². The van der Waals surface area contributed by atoms with E-state index in [1.165, 1.54) is 17.0 Å². The molecule has 0 radical (unpaired) electrons. The van der Waals surface area contributed by atoms with Crippen LogP contribution in [-0.4, -0.2) is 50.3 Å². The minimum absolute atomic E-state index is 0.207. The number of thiophene rings is 1. The van der Waals surface area contributed by atoms with Crippen molar-refractivity contribution in [1.82, 2.24) is 15.5 Å². The topological polar surface area (TPSA) is 72.7 Å². The van der Waals surface area contributed by atoms with Crippen molar-refractivity contribution >= 4 is 17.3 Å². The van der Waals surface area contributed by atoms with Crippen LogP contribution in [0.1, 0.15) is 29.0 Å². The second kappa shape index (κ2) is 10.3. The Morgan fingerprint density at radius 2 is 2.31 bits per heavy atom. The highest BCUT2D eigenvalue weighted by Crippen LogP contribution is 2.26. The van der Waals surface area contributed by atoms with E-state index >= 15 is 0 Å². The van der Waals surface area contributed by atoms with E-state index in [1.807, 2.05) is 6.07 Å². The fraction of sp³-hybridized carbons (Fsp3) is 0.429. The van der Waals surface area contributed by atoms with Gasteiger partial charge in [-0.3, -0.25) is 9.89 Å². The molecule has 2 atom stereocenters. The lowest BCUT2D eigenvalue weighted by Crippen LogP contribution is -2.48. The van der Waals surface area contributed by atoms with Gasteiger partial charge in [-0.1, -0.05) is 6.07 Å². The third kappa shape index (κ3) is 5.76. The molecule has 2 aromatic rings. The quantitative estimate of drug-likeness (QED) is 0.561. The Bertz CT molecular complexity index is 864. The van der Waals surface area contributed by atoms with Crippen LogP contribution in [0.5, 0.6) is 0 Å². The summed E-state index contributed by atoms with van der Waals surface area (Å²) in [5, 5.41) is 17.6. The van der Waals surface area contributed by atoms with E-state index in [9.17, 15) is 4.39 Å². The molecular formula is C21H26FN5OS. The number of halogens is 1. The first kappa shape index (κ1) is 21.2. The molecule has 0 spiro atoms. The SMILES string of the molecule is CN=C(NCc1cc(C#N)ccc1F)NCC(c1cccs1)N1CCOC(C)C1. The van der Waals surface area contributed by atoms with Crippen molar-refractivity contribution in [3.63, 3.8) is 0 Å². The fourth-order valence-corrected chi connectivity index (χ4v) is 4.25. The maximum Gasteiger partial charge on any atom is 0.191 e. The van der Waals surface area contributed by atoms with E-state index < -0.39 is 0 Å². The van der Waals surface area contributed by atoms with Crippen LogP contribution in [-0.2, 0) is 11.3 Å². The van der Waals surface area contributed by atoms with Gasteiger partial charge in [-0.15, -0.1) is 11.3 Å². The molecule has 2 heterocycles. The van der Waals surface area contributed by atoms with E-state index in [-0.39, 0.29) is 24.5 Å². The van der Waals surface area contributed by atoms with Crippen LogP contribution >= 0.6 is 11.3 Å². The van der Waals surface area contributed by atoms with Crippen LogP contribution in [0.2, 0.25) is 0 Å². The summed E-state index contributed by atoms with van der Waals surface area (Å²) in [5.74, 6) is 0.250. The first-order chi connectivity index (χ1) is 14.1. The Hall–Kier alpha value is -2.47. The molecule has 6 nitrogen and oxygen atoms in total. The molecule has 0 aliphatic carbocycles. The summed E-state index contributed by atoms with van der Waals surface area (Å²) in [7, 11) is 1.69. The largest absolute Gasteiger partial charge is 0.376 e. The zero-order valence-corrected chi connectivity index (χ0v) is 17.5. The lowest BCUT2D eigenvalue weighted by molar-refractivity contribution is -0.0334. The van der Waals surface area contributed by atoms with Crippen LogP contribution in [0.3, 0.4) is 0 Å². The van der Waals surface area contributed by atoms with Gasteiger partial charge >= 0.3 is 0 Å². The highest BCUT2D eigenvalue weighted by Gasteiger charge is 2.26. The van der Waals surface area contributed by atoms with E-state index in [2.05, 4.69) is 45.0 Å². The first-order valence-corrected chi connectivity index (χ1v) is 10.5. The Kier molecular flexibility index (Phi) is 7.58. The van der Waals surface area contributed by atoms with Crippen molar-refractivity contribution < 1.29 is 9.13 Å². The smallest absolute Gasteiger partial charge is 0.191 e. The van der Waals surface area contributed by atoms with Crippen LogP contribution < -0.4 is 10.6 Å². The van der Waals surface area contributed by atoms with E-state index in [0.29, 0.717) is 23.6 Å². The number of nitrogens with zero attached hydrogens (tertiary/aromatic N) is 3. The van der Waals surface area contributed by atoms with Gasteiger partial charge in [0.25, 0.3) is 0 Å². The lowest BCUT2D eigenvalue weighted by atomic mass is 10.1. The predicted octanol–water partition coefficient (Wildman–Crippen LogP) is 2.89. The summed E-state index contributed by atoms with van der Waals surface area (Å²) in [6.07, 6.45) is 0.207. The molecule has 0 amide bonds. The number of guanidine groups is 1. The molecule has 1 fully saturated rings. The Morgan fingerprint density at radius 3 is 3.00 bits per heavy atom. The summed E-state index contributed by atoms with van der Waals surface area (Å²) >= 11 is 1.74. The summed E-state index contributed by atoms with van der Waals surface area (Å²) in [6.45, 7) is 5.50. The monoisotopic (exact) mass is 415 g/mol. The van der Waals surface area contributed by atoms with Crippen LogP contribution in [0.4, 0.5) is 4.39 Å². The molecular weight excluding hydrogens is 389 g/mol. The molecule has 1 aliphatic heterocycles. The molecule has 1 aromatic heterocycles. The first-order valence-electron chi connectivity index (χ1n) is 9.62. The van der Waals surface area contributed by atoms with Gasteiger partial charge < -0.3 is 15.4 Å². The molecule has 2 unspecified atom stereocenters. The molecule has 154 valence electrons. The highest BCUT2D eigenvalue weighted by molar-refractivity contribution is 7.10. The standard InChI is InChI=1S/C21H26FN5OS/c1-15-14-27(7-8-28-15)19(20-4-3-9-29-20)13-26-21(24-2)25-12-17-10-16(11-23)5-6-18(17)22/h3-6,9-10,15,19H,7-8,12-14H2,1-2H3,(H2,24,25,26). The van der Waals surface area contributed by atoms with Gasteiger partial charge in [-0.25, -0.2) is 4.39 Å². The zero-order valence-electron chi connectivity index (χ0n) is 16.7. The van der Waals surface area contributed by atoms with Crippen molar-refractivity contribution in [3.05, 3.63) is 57.5 Å².